The molecule has 172 valence electrons. The number of hydrogen-bond acceptors (Lipinski definition) is 7. The molecule has 1 saturated heterocycles. The van der Waals surface area contributed by atoms with Crippen LogP contribution < -0.4 is 19.9 Å². The Morgan fingerprint density at radius 2 is 1.70 bits per heavy atom. The van der Waals surface area contributed by atoms with Crippen molar-refractivity contribution in [3.8, 4) is 5.75 Å². The van der Waals surface area contributed by atoms with Crippen molar-refractivity contribution in [1.82, 2.24) is 9.97 Å². The van der Waals surface area contributed by atoms with E-state index >= 15 is 0 Å². The maximum atomic E-state index is 12.6. The maximum absolute atomic E-state index is 12.6. The van der Waals surface area contributed by atoms with Crippen LogP contribution in [-0.4, -0.2) is 54.9 Å². The molecule has 0 atom stereocenters. The number of para-hydroxylation sites is 3. The lowest BCUT2D eigenvalue weighted by Gasteiger charge is -2.37. The van der Waals surface area contributed by atoms with Gasteiger partial charge in [0.2, 0.25) is 5.91 Å². The highest BCUT2D eigenvalue weighted by atomic mass is 32.2. The van der Waals surface area contributed by atoms with E-state index in [9.17, 15) is 4.79 Å². The fourth-order valence-electron chi connectivity index (χ4n) is 3.96. The summed E-state index contributed by atoms with van der Waals surface area (Å²) in [6.07, 6.45) is 4.27. The molecule has 0 radical (unpaired) electrons. The highest BCUT2D eigenvalue weighted by Gasteiger charge is 2.23. The van der Waals surface area contributed by atoms with E-state index in [1.54, 1.807) is 19.5 Å². The summed E-state index contributed by atoms with van der Waals surface area (Å²) in [6, 6.07) is 16.0. The standard InChI is InChI=1S/C25H29N5O2S/c1-3-19-8-4-5-9-20(19)28-23(31)18-33-25-24(26-12-13-27-25)30-16-14-29(15-17-30)21-10-6-7-11-22(21)32-2/h4-13H,3,14-18H2,1-2H3,(H,28,31). The van der Waals surface area contributed by atoms with E-state index in [-0.39, 0.29) is 11.7 Å². The van der Waals surface area contributed by atoms with Crippen LogP contribution in [0.25, 0.3) is 0 Å². The summed E-state index contributed by atoms with van der Waals surface area (Å²) in [5, 5.41) is 3.81. The molecule has 2 heterocycles. The molecule has 1 aliphatic heterocycles. The predicted octanol–water partition coefficient (Wildman–Crippen LogP) is 4.11. The van der Waals surface area contributed by atoms with Crippen LogP contribution in [0.3, 0.4) is 0 Å². The number of benzene rings is 2. The second kappa shape index (κ2) is 11.0. The molecular weight excluding hydrogens is 434 g/mol. The van der Waals surface area contributed by atoms with Gasteiger partial charge in [-0.3, -0.25) is 4.79 Å². The van der Waals surface area contributed by atoms with Crippen molar-refractivity contribution in [2.75, 3.05) is 54.2 Å². The molecule has 1 aromatic heterocycles. The molecular formula is C25H29N5O2S. The van der Waals surface area contributed by atoms with E-state index in [1.165, 1.54) is 11.8 Å². The van der Waals surface area contributed by atoms with Gasteiger partial charge in [0.1, 0.15) is 10.8 Å². The lowest BCUT2D eigenvalue weighted by atomic mass is 10.1. The Bertz CT molecular complexity index is 1090. The van der Waals surface area contributed by atoms with Crippen LogP contribution in [0, 0.1) is 0 Å². The van der Waals surface area contributed by atoms with Gasteiger partial charge < -0.3 is 19.9 Å². The Morgan fingerprint density at radius 1 is 1.00 bits per heavy atom. The number of carbonyl (C=O) groups is 1. The average molecular weight is 464 g/mol. The van der Waals surface area contributed by atoms with Gasteiger partial charge in [-0.15, -0.1) is 0 Å². The molecule has 0 saturated carbocycles. The summed E-state index contributed by atoms with van der Waals surface area (Å²) < 4.78 is 5.52. The Kier molecular flexibility index (Phi) is 7.67. The summed E-state index contributed by atoms with van der Waals surface area (Å²) in [6.45, 7) is 5.44. The molecule has 1 amide bonds. The zero-order valence-electron chi connectivity index (χ0n) is 19.0. The van der Waals surface area contributed by atoms with E-state index in [2.05, 4.69) is 38.1 Å². The predicted molar refractivity (Wildman–Crippen MR) is 135 cm³/mol. The third-order valence-corrected chi connectivity index (χ3v) is 6.63. The van der Waals surface area contributed by atoms with Crippen LogP contribution in [-0.2, 0) is 11.2 Å². The van der Waals surface area contributed by atoms with Crippen LogP contribution in [0.1, 0.15) is 12.5 Å². The molecule has 1 aliphatic rings. The number of methoxy groups -OCH3 is 1. The number of aryl methyl sites for hydroxylation is 1. The van der Waals surface area contributed by atoms with Crippen molar-refractivity contribution in [1.29, 1.82) is 0 Å². The van der Waals surface area contributed by atoms with Crippen molar-refractivity contribution < 1.29 is 9.53 Å². The first kappa shape index (κ1) is 22.9. The third kappa shape index (κ3) is 5.57. The summed E-state index contributed by atoms with van der Waals surface area (Å²) in [4.78, 5) is 26.3. The van der Waals surface area contributed by atoms with Crippen molar-refractivity contribution in [2.45, 2.75) is 18.4 Å². The first-order valence-corrected chi connectivity index (χ1v) is 12.1. The first-order valence-electron chi connectivity index (χ1n) is 11.1. The Labute approximate surface area is 199 Å². The fraction of sp³-hybridized carbons (Fsp3) is 0.320. The van der Waals surface area contributed by atoms with Crippen LogP contribution >= 0.6 is 11.8 Å². The van der Waals surface area contributed by atoms with Gasteiger partial charge in [-0.25, -0.2) is 9.97 Å². The lowest BCUT2D eigenvalue weighted by Crippen LogP contribution is -2.47. The SMILES string of the molecule is CCc1ccccc1NC(=O)CSc1nccnc1N1CCN(c2ccccc2OC)CC1. The van der Waals surface area contributed by atoms with Crippen molar-refractivity contribution in [3.63, 3.8) is 0 Å². The number of anilines is 3. The molecule has 1 N–H and O–H groups in total. The van der Waals surface area contributed by atoms with E-state index in [0.29, 0.717) is 0 Å². The Hall–Kier alpha value is -3.26. The molecule has 2 aromatic carbocycles. The lowest BCUT2D eigenvalue weighted by molar-refractivity contribution is -0.113. The number of nitrogens with zero attached hydrogens (tertiary/aromatic N) is 4. The number of rotatable bonds is 8. The number of amides is 1. The average Bonchev–Trinajstić information content (AvgIpc) is 2.88. The summed E-state index contributed by atoms with van der Waals surface area (Å²) in [7, 11) is 1.70. The topological polar surface area (TPSA) is 70.6 Å². The highest BCUT2D eigenvalue weighted by molar-refractivity contribution is 8.00. The quantitative estimate of drug-likeness (QED) is 0.504. The number of aromatic nitrogens is 2. The van der Waals surface area contributed by atoms with Gasteiger partial charge in [0.25, 0.3) is 0 Å². The Balaban J connectivity index is 1.37. The van der Waals surface area contributed by atoms with E-state index < -0.39 is 0 Å². The van der Waals surface area contributed by atoms with E-state index in [4.69, 9.17) is 4.74 Å². The molecule has 1 fully saturated rings. The van der Waals surface area contributed by atoms with Crippen molar-refractivity contribution in [2.24, 2.45) is 0 Å². The van der Waals surface area contributed by atoms with Gasteiger partial charge >= 0.3 is 0 Å². The molecule has 33 heavy (non-hydrogen) atoms. The third-order valence-electron chi connectivity index (χ3n) is 5.66. The minimum Gasteiger partial charge on any atom is -0.495 e. The summed E-state index contributed by atoms with van der Waals surface area (Å²) in [5.74, 6) is 1.96. The maximum Gasteiger partial charge on any atom is 0.234 e. The molecule has 8 heteroatoms. The number of hydrogen-bond donors (Lipinski definition) is 1. The van der Waals surface area contributed by atoms with Crippen LogP contribution in [0.15, 0.2) is 66.0 Å². The summed E-state index contributed by atoms with van der Waals surface area (Å²) >= 11 is 1.42. The van der Waals surface area contributed by atoms with Gasteiger partial charge in [0.05, 0.1) is 18.6 Å². The molecule has 0 unspecified atom stereocenters. The van der Waals surface area contributed by atoms with Gasteiger partial charge in [0.15, 0.2) is 5.82 Å². The molecule has 7 nitrogen and oxygen atoms in total. The molecule has 0 bridgehead atoms. The number of ether oxygens (including phenoxy) is 1. The Morgan fingerprint density at radius 3 is 2.48 bits per heavy atom. The molecule has 3 aromatic rings. The van der Waals surface area contributed by atoms with Crippen LogP contribution in [0.2, 0.25) is 0 Å². The van der Waals surface area contributed by atoms with Crippen LogP contribution in [0.4, 0.5) is 17.2 Å². The van der Waals surface area contributed by atoms with Gasteiger partial charge in [-0.2, -0.15) is 0 Å². The second-order valence-electron chi connectivity index (χ2n) is 7.68. The van der Waals surface area contributed by atoms with E-state index in [0.717, 1.165) is 66.1 Å². The van der Waals surface area contributed by atoms with Gasteiger partial charge in [-0.1, -0.05) is 49.0 Å². The zero-order chi connectivity index (χ0) is 23.0. The fourth-order valence-corrected chi connectivity index (χ4v) is 4.74. The number of piperazine rings is 1. The van der Waals surface area contributed by atoms with Gasteiger partial charge in [0, 0.05) is 44.3 Å². The minimum absolute atomic E-state index is 0.0431. The summed E-state index contributed by atoms with van der Waals surface area (Å²) in [5.41, 5.74) is 3.11. The van der Waals surface area contributed by atoms with Crippen molar-refractivity contribution >= 4 is 34.9 Å². The van der Waals surface area contributed by atoms with Crippen LogP contribution in [0.5, 0.6) is 5.75 Å². The zero-order valence-corrected chi connectivity index (χ0v) is 19.8. The van der Waals surface area contributed by atoms with E-state index in [1.807, 2.05) is 42.5 Å². The number of thioether (sulfide) groups is 1. The molecule has 0 aliphatic carbocycles. The molecule has 4 rings (SSSR count). The van der Waals surface area contributed by atoms with Gasteiger partial charge in [-0.05, 0) is 30.2 Å². The number of carbonyl (C=O) groups excluding carboxylic acids is 1. The first-order chi connectivity index (χ1) is 16.2. The smallest absolute Gasteiger partial charge is 0.234 e. The highest BCUT2D eigenvalue weighted by Crippen LogP contribution is 2.31. The number of nitrogens with one attached hydrogen (secondary N) is 1. The van der Waals surface area contributed by atoms with Crippen molar-refractivity contribution in [3.05, 3.63) is 66.5 Å². The molecule has 0 spiro atoms. The largest absolute Gasteiger partial charge is 0.495 e. The monoisotopic (exact) mass is 463 g/mol. The normalized spacial score (nSPS) is 13.6. The minimum atomic E-state index is -0.0431. The second-order valence-corrected chi connectivity index (χ2v) is 8.64.